The first-order valence-corrected chi connectivity index (χ1v) is 8.88. The number of methoxy groups -OCH3 is 1. The SMILES string of the molecule is COc1cc(C(=O)OCC(=O)N2CCNC2=O)ccc1OCc1c(C)noc1C. The van der Waals surface area contributed by atoms with E-state index in [2.05, 4.69) is 10.5 Å². The number of nitrogens with one attached hydrogen (secondary N) is 1. The first-order valence-electron chi connectivity index (χ1n) is 8.88. The first kappa shape index (κ1) is 20.2. The normalized spacial score (nSPS) is 13.2. The maximum atomic E-state index is 12.2. The van der Waals surface area contributed by atoms with Gasteiger partial charge in [-0.1, -0.05) is 5.16 Å². The van der Waals surface area contributed by atoms with Crippen LogP contribution < -0.4 is 14.8 Å². The molecular formula is C19H21N3O7. The summed E-state index contributed by atoms with van der Waals surface area (Å²) in [5.41, 5.74) is 1.75. The van der Waals surface area contributed by atoms with E-state index in [9.17, 15) is 14.4 Å². The van der Waals surface area contributed by atoms with Gasteiger partial charge < -0.3 is 24.1 Å². The molecule has 10 heteroatoms. The van der Waals surface area contributed by atoms with Gasteiger partial charge in [0.1, 0.15) is 12.4 Å². The molecule has 1 N–H and O–H groups in total. The molecular weight excluding hydrogens is 382 g/mol. The molecule has 0 atom stereocenters. The van der Waals surface area contributed by atoms with Gasteiger partial charge in [0, 0.05) is 13.1 Å². The Labute approximate surface area is 166 Å². The molecule has 1 fully saturated rings. The summed E-state index contributed by atoms with van der Waals surface area (Å²) < 4.78 is 21.2. The number of hydrogen-bond donors (Lipinski definition) is 1. The predicted octanol–water partition coefficient (Wildman–Crippen LogP) is 1.59. The summed E-state index contributed by atoms with van der Waals surface area (Å²) in [4.78, 5) is 36.7. The Hall–Kier alpha value is -3.56. The fourth-order valence-electron chi connectivity index (χ4n) is 2.77. The van der Waals surface area contributed by atoms with Gasteiger partial charge in [0.15, 0.2) is 18.1 Å². The number of hydrogen-bond acceptors (Lipinski definition) is 8. The quantitative estimate of drug-likeness (QED) is 0.692. The Morgan fingerprint density at radius 1 is 1.28 bits per heavy atom. The molecule has 0 bridgehead atoms. The second-order valence-electron chi connectivity index (χ2n) is 6.31. The summed E-state index contributed by atoms with van der Waals surface area (Å²) in [5, 5.41) is 6.38. The average Bonchev–Trinajstić information content (AvgIpc) is 3.29. The van der Waals surface area contributed by atoms with E-state index in [1.807, 2.05) is 6.92 Å². The highest BCUT2D eigenvalue weighted by Crippen LogP contribution is 2.29. The van der Waals surface area contributed by atoms with Gasteiger partial charge in [0.25, 0.3) is 5.91 Å². The van der Waals surface area contributed by atoms with Crippen LogP contribution in [0.4, 0.5) is 4.79 Å². The molecule has 1 aliphatic rings. The van der Waals surface area contributed by atoms with Crippen LogP contribution in [0.25, 0.3) is 0 Å². The van der Waals surface area contributed by atoms with Crippen LogP contribution in [0.3, 0.4) is 0 Å². The Morgan fingerprint density at radius 2 is 2.07 bits per heavy atom. The van der Waals surface area contributed by atoms with Crippen molar-refractivity contribution in [1.82, 2.24) is 15.4 Å². The van der Waals surface area contributed by atoms with Crippen molar-refractivity contribution in [3.8, 4) is 11.5 Å². The maximum absolute atomic E-state index is 12.2. The van der Waals surface area contributed by atoms with E-state index < -0.39 is 24.5 Å². The summed E-state index contributed by atoms with van der Waals surface area (Å²) in [6.45, 7) is 3.94. The van der Waals surface area contributed by atoms with Crippen LogP contribution in [-0.4, -0.2) is 54.8 Å². The summed E-state index contributed by atoms with van der Waals surface area (Å²) in [5.74, 6) is 0.122. The second kappa shape index (κ2) is 8.63. The van der Waals surface area contributed by atoms with Gasteiger partial charge >= 0.3 is 12.0 Å². The minimum Gasteiger partial charge on any atom is -0.493 e. The van der Waals surface area contributed by atoms with E-state index >= 15 is 0 Å². The standard InChI is InChI=1S/C19H21N3O7/c1-11-14(12(2)29-21-11)9-27-15-5-4-13(8-16(15)26-3)18(24)28-10-17(23)22-7-6-20-19(22)25/h4-5,8H,6-7,9-10H2,1-3H3,(H,20,25). The summed E-state index contributed by atoms with van der Waals surface area (Å²) in [6, 6.07) is 4.04. The van der Waals surface area contributed by atoms with Crippen LogP contribution in [0.5, 0.6) is 11.5 Å². The number of aromatic nitrogens is 1. The van der Waals surface area contributed by atoms with E-state index in [1.165, 1.54) is 19.2 Å². The molecule has 154 valence electrons. The lowest BCUT2D eigenvalue weighted by molar-refractivity contribution is -0.130. The zero-order chi connectivity index (χ0) is 21.0. The monoisotopic (exact) mass is 403 g/mol. The molecule has 0 saturated carbocycles. The van der Waals surface area contributed by atoms with Gasteiger partial charge in [-0.2, -0.15) is 0 Å². The molecule has 3 amide bonds. The first-order chi connectivity index (χ1) is 13.9. The largest absolute Gasteiger partial charge is 0.493 e. The topological polar surface area (TPSA) is 120 Å². The number of amides is 3. The van der Waals surface area contributed by atoms with Gasteiger partial charge in [0.05, 0.1) is 23.9 Å². The highest BCUT2D eigenvalue weighted by atomic mass is 16.5. The number of aryl methyl sites for hydroxylation is 2. The van der Waals surface area contributed by atoms with Crippen LogP contribution in [0.15, 0.2) is 22.7 Å². The third-order valence-corrected chi connectivity index (χ3v) is 4.44. The highest BCUT2D eigenvalue weighted by Gasteiger charge is 2.27. The number of benzene rings is 1. The van der Waals surface area contributed by atoms with Crippen LogP contribution in [0.1, 0.15) is 27.4 Å². The van der Waals surface area contributed by atoms with Crippen LogP contribution in [-0.2, 0) is 16.1 Å². The van der Waals surface area contributed by atoms with Crippen molar-refractivity contribution in [2.24, 2.45) is 0 Å². The number of nitrogens with zero attached hydrogens (tertiary/aromatic N) is 2. The molecule has 1 aromatic heterocycles. The van der Waals surface area contributed by atoms with Crippen molar-refractivity contribution >= 4 is 17.9 Å². The highest BCUT2D eigenvalue weighted by molar-refractivity contribution is 5.98. The molecule has 2 aromatic rings. The molecule has 0 aliphatic carbocycles. The van der Waals surface area contributed by atoms with E-state index in [-0.39, 0.29) is 18.7 Å². The van der Waals surface area contributed by atoms with Crippen molar-refractivity contribution in [3.05, 3.63) is 40.8 Å². The number of ether oxygens (including phenoxy) is 3. The zero-order valence-electron chi connectivity index (χ0n) is 16.3. The third kappa shape index (κ3) is 4.48. The van der Waals surface area contributed by atoms with Crippen molar-refractivity contribution in [1.29, 1.82) is 0 Å². The average molecular weight is 403 g/mol. The lowest BCUT2D eigenvalue weighted by atomic mass is 10.2. The number of imide groups is 1. The number of urea groups is 1. The molecule has 1 aliphatic heterocycles. The number of esters is 1. The van der Waals surface area contributed by atoms with Crippen LogP contribution in [0.2, 0.25) is 0 Å². The second-order valence-corrected chi connectivity index (χ2v) is 6.31. The van der Waals surface area contributed by atoms with Gasteiger partial charge in [-0.3, -0.25) is 9.69 Å². The fourth-order valence-corrected chi connectivity index (χ4v) is 2.77. The molecule has 3 rings (SSSR count). The van der Waals surface area contributed by atoms with Gasteiger partial charge in [-0.15, -0.1) is 0 Å². The van der Waals surface area contributed by atoms with Crippen molar-refractivity contribution in [3.63, 3.8) is 0 Å². The lowest BCUT2D eigenvalue weighted by Gasteiger charge is -2.13. The maximum Gasteiger partial charge on any atom is 0.338 e. The van der Waals surface area contributed by atoms with E-state index in [0.717, 1.165) is 16.2 Å². The van der Waals surface area contributed by atoms with Gasteiger partial charge in [0.2, 0.25) is 0 Å². The molecule has 1 saturated heterocycles. The minimum atomic E-state index is -0.714. The smallest absolute Gasteiger partial charge is 0.338 e. The molecule has 1 aromatic carbocycles. The Morgan fingerprint density at radius 3 is 2.69 bits per heavy atom. The molecule has 2 heterocycles. The summed E-state index contributed by atoms with van der Waals surface area (Å²) >= 11 is 0. The van der Waals surface area contributed by atoms with E-state index in [0.29, 0.717) is 23.8 Å². The number of rotatable bonds is 7. The molecule has 0 spiro atoms. The lowest BCUT2D eigenvalue weighted by Crippen LogP contribution is -2.37. The van der Waals surface area contributed by atoms with Gasteiger partial charge in [-0.05, 0) is 32.0 Å². The Bertz CT molecular complexity index is 918. The van der Waals surface area contributed by atoms with Crippen molar-refractivity contribution in [2.75, 3.05) is 26.8 Å². The molecule has 0 unspecified atom stereocenters. The van der Waals surface area contributed by atoms with E-state index in [4.69, 9.17) is 18.7 Å². The predicted molar refractivity (Wildman–Crippen MR) is 98.7 cm³/mol. The van der Waals surface area contributed by atoms with Crippen molar-refractivity contribution < 1.29 is 33.1 Å². The Kier molecular flexibility index (Phi) is 6.01. The molecule has 0 radical (unpaired) electrons. The summed E-state index contributed by atoms with van der Waals surface area (Å²) in [6.07, 6.45) is 0. The molecule has 10 nitrogen and oxygen atoms in total. The molecule has 29 heavy (non-hydrogen) atoms. The van der Waals surface area contributed by atoms with Crippen molar-refractivity contribution in [2.45, 2.75) is 20.5 Å². The summed E-state index contributed by atoms with van der Waals surface area (Å²) in [7, 11) is 1.45. The fraction of sp³-hybridized carbons (Fsp3) is 0.368. The Balaban J connectivity index is 1.62. The number of carbonyl (C=O) groups excluding carboxylic acids is 3. The minimum absolute atomic E-state index is 0.185. The third-order valence-electron chi connectivity index (χ3n) is 4.44. The zero-order valence-corrected chi connectivity index (χ0v) is 16.3. The van der Waals surface area contributed by atoms with Crippen LogP contribution >= 0.6 is 0 Å². The van der Waals surface area contributed by atoms with E-state index in [1.54, 1.807) is 13.0 Å². The van der Waals surface area contributed by atoms with Gasteiger partial charge in [-0.25, -0.2) is 9.59 Å². The number of carbonyl (C=O) groups is 3. The van der Waals surface area contributed by atoms with Crippen LogP contribution in [0, 0.1) is 13.8 Å².